The van der Waals surface area contributed by atoms with Gasteiger partial charge in [-0.2, -0.15) is 0 Å². The average Bonchev–Trinajstić information content (AvgIpc) is 3.86. The highest BCUT2D eigenvalue weighted by Crippen LogP contribution is 2.46. The first-order valence-electron chi connectivity index (χ1n) is 14.1. The molecule has 42 heavy (non-hydrogen) atoms. The van der Waals surface area contributed by atoms with Crippen LogP contribution in [0.5, 0.6) is 0 Å². The number of carbonyl (C=O) groups is 3. The van der Waals surface area contributed by atoms with Crippen LogP contribution in [0.2, 0.25) is 0 Å². The molecule has 3 N–H and O–H groups in total. The molecule has 13 heteroatoms. The highest BCUT2D eigenvalue weighted by Gasteiger charge is 2.46. The van der Waals surface area contributed by atoms with E-state index in [4.69, 9.17) is 4.98 Å². The molecule has 2 aliphatic carbocycles. The van der Waals surface area contributed by atoms with Crippen LogP contribution in [0.4, 0.5) is 22.1 Å². The zero-order valence-electron chi connectivity index (χ0n) is 23.5. The molecular weight excluding hydrogens is 536 g/mol. The lowest BCUT2D eigenvalue weighted by molar-refractivity contribution is -0.118. The van der Waals surface area contributed by atoms with Crippen molar-refractivity contribution in [1.29, 1.82) is 0 Å². The van der Waals surface area contributed by atoms with Crippen molar-refractivity contribution in [3.8, 4) is 0 Å². The number of anilines is 3. The van der Waals surface area contributed by atoms with Crippen LogP contribution >= 0.6 is 0 Å². The maximum absolute atomic E-state index is 13.0. The van der Waals surface area contributed by atoms with E-state index < -0.39 is 6.03 Å². The third-order valence-electron chi connectivity index (χ3n) is 7.87. The molecule has 13 nitrogen and oxygen atoms in total. The Balaban J connectivity index is 1.09. The largest absolute Gasteiger partial charge is 0.362 e. The molecule has 4 amide bonds. The first kappa shape index (κ1) is 26.0. The van der Waals surface area contributed by atoms with Crippen LogP contribution in [0.1, 0.15) is 72.7 Å². The molecule has 0 radical (unpaired) electrons. The molecule has 0 spiro atoms. The molecule has 4 aromatic rings. The van der Waals surface area contributed by atoms with Crippen LogP contribution in [0.15, 0.2) is 36.8 Å². The molecule has 1 aliphatic heterocycles. The van der Waals surface area contributed by atoms with Gasteiger partial charge in [-0.15, -0.1) is 0 Å². The lowest BCUT2D eigenvalue weighted by atomic mass is 10.1. The molecule has 3 fully saturated rings. The second-order valence-electron chi connectivity index (χ2n) is 11.3. The van der Waals surface area contributed by atoms with E-state index in [1.54, 1.807) is 19.2 Å². The van der Waals surface area contributed by atoms with Crippen molar-refractivity contribution in [2.75, 3.05) is 22.1 Å². The van der Waals surface area contributed by atoms with E-state index in [9.17, 15) is 14.4 Å². The lowest BCUT2D eigenvalue weighted by Gasteiger charge is -2.16. The van der Waals surface area contributed by atoms with Gasteiger partial charge in [0.25, 0.3) is 0 Å². The molecule has 7 rings (SSSR count). The number of hydrogen-bond donors (Lipinski definition) is 3. The number of amides is 4. The Morgan fingerprint density at radius 1 is 1.07 bits per heavy atom. The topological polar surface area (TPSA) is 159 Å². The van der Waals surface area contributed by atoms with Crippen molar-refractivity contribution in [2.45, 2.75) is 57.9 Å². The highest BCUT2D eigenvalue weighted by molar-refractivity contribution is 6.13. The number of carbonyl (C=O) groups excluding carboxylic acids is 3. The molecule has 214 valence electrons. The molecule has 0 bridgehead atoms. The third kappa shape index (κ3) is 5.01. The summed E-state index contributed by atoms with van der Waals surface area (Å²) in [6.07, 6.45) is 8.59. The third-order valence-corrected chi connectivity index (χ3v) is 7.87. The Bertz CT molecular complexity index is 1760. The summed E-state index contributed by atoms with van der Waals surface area (Å²) in [4.78, 5) is 61.4. The van der Waals surface area contributed by atoms with Crippen LogP contribution in [0, 0.1) is 19.8 Å². The van der Waals surface area contributed by atoms with Gasteiger partial charge in [0.1, 0.15) is 29.8 Å². The fourth-order valence-corrected chi connectivity index (χ4v) is 5.44. The number of urea groups is 1. The molecular formula is C29H30N10O3. The number of nitrogens with one attached hydrogen (secondary N) is 3. The van der Waals surface area contributed by atoms with E-state index in [2.05, 4.69) is 35.9 Å². The minimum absolute atomic E-state index is 0.00979. The first-order valence-corrected chi connectivity index (χ1v) is 14.1. The van der Waals surface area contributed by atoms with Crippen LogP contribution in [0.3, 0.4) is 0 Å². The number of hydrogen-bond acceptors (Lipinski definition) is 9. The van der Waals surface area contributed by atoms with Gasteiger partial charge in [-0.3, -0.25) is 19.8 Å². The Kier molecular flexibility index (Phi) is 6.10. The van der Waals surface area contributed by atoms with Gasteiger partial charge in [-0.25, -0.2) is 29.7 Å². The summed E-state index contributed by atoms with van der Waals surface area (Å²) in [5, 5.41) is 8.65. The zero-order chi connectivity index (χ0) is 29.1. The van der Waals surface area contributed by atoms with Crippen LogP contribution in [0.25, 0.3) is 5.65 Å². The van der Waals surface area contributed by atoms with Gasteiger partial charge in [0, 0.05) is 42.2 Å². The van der Waals surface area contributed by atoms with Crippen LogP contribution in [-0.4, -0.2) is 53.7 Å². The molecule has 0 aromatic carbocycles. The number of imidazole rings is 1. The summed E-state index contributed by atoms with van der Waals surface area (Å²) in [5.41, 5.74) is 3.93. The van der Waals surface area contributed by atoms with Crippen molar-refractivity contribution in [2.24, 2.45) is 5.92 Å². The Morgan fingerprint density at radius 2 is 1.88 bits per heavy atom. The van der Waals surface area contributed by atoms with Crippen molar-refractivity contribution in [3.05, 3.63) is 65.4 Å². The summed E-state index contributed by atoms with van der Waals surface area (Å²) >= 11 is 0. The SMILES string of the molecule is Cc1ccnc([C@H]2C[C@@H]2C(=O)Nc2cc(N[C@H](C)c3cn4cc(C5CC5)cc(N5CC(=O)NC5=O)c4n3)nc(C)n2)n1. The van der Waals surface area contributed by atoms with E-state index in [0.717, 1.165) is 29.8 Å². The average molecular weight is 567 g/mol. The monoisotopic (exact) mass is 566 g/mol. The van der Waals surface area contributed by atoms with E-state index >= 15 is 0 Å². The smallest absolute Gasteiger partial charge is 0.329 e. The second-order valence-corrected chi connectivity index (χ2v) is 11.3. The lowest BCUT2D eigenvalue weighted by Crippen LogP contribution is -2.28. The quantitative estimate of drug-likeness (QED) is 0.272. The molecule has 4 aromatic heterocycles. The van der Waals surface area contributed by atoms with Gasteiger partial charge < -0.3 is 15.0 Å². The maximum atomic E-state index is 13.0. The maximum Gasteiger partial charge on any atom is 0.329 e. The highest BCUT2D eigenvalue weighted by atomic mass is 16.2. The van der Waals surface area contributed by atoms with Gasteiger partial charge in [-0.05, 0) is 63.6 Å². The molecule has 0 unspecified atom stereocenters. The van der Waals surface area contributed by atoms with E-state index in [1.807, 2.05) is 42.8 Å². The summed E-state index contributed by atoms with van der Waals surface area (Å²) in [5.74, 6) is 1.96. The standard InChI is InChI=1S/C29H30N10O3/c1-14-6-7-30-26(31-14)19-9-20(19)28(41)36-24-10-23(33-16(3)34-24)32-15(2)21-12-38-11-18(17-4-5-17)8-22(27(38)35-21)39-13-25(40)37-29(39)42/h6-8,10-12,15,17,19-20H,4-5,9,13H2,1-3H3,(H,37,40,42)(H2,32,33,34,36,41)/t15-,19+,20+/m1/s1. The number of aryl methyl sites for hydroxylation is 2. The molecule has 5 heterocycles. The van der Waals surface area contributed by atoms with E-state index in [-0.39, 0.29) is 36.2 Å². The molecule has 1 saturated heterocycles. The molecule has 2 saturated carbocycles. The zero-order valence-corrected chi connectivity index (χ0v) is 23.5. The molecule has 3 aliphatic rings. The minimum atomic E-state index is -0.444. The van der Waals surface area contributed by atoms with Gasteiger partial charge in [-0.1, -0.05) is 0 Å². The predicted molar refractivity (Wildman–Crippen MR) is 153 cm³/mol. The number of pyridine rings is 1. The van der Waals surface area contributed by atoms with Crippen molar-refractivity contribution < 1.29 is 14.4 Å². The predicted octanol–water partition coefficient (Wildman–Crippen LogP) is 3.38. The van der Waals surface area contributed by atoms with Gasteiger partial charge in [0.2, 0.25) is 11.8 Å². The number of imide groups is 1. The number of nitrogens with zero attached hydrogens (tertiary/aromatic N) is 7. The fourth-order valence-electron chi connectivity index (χ4n) is 5.44. The first-order chi connectivity index (χ1) is 20.2. The van der Waals surface area contributed by atoms with Gasteiger partial charge in [0.15, 0.2) is 5.65 Å². The Hall–Kier alpha value is -4.94. The summed E-state index contributed by atoms with van der Waals surface area (Å²) < 4.78 is 1.92. The number of rotatable bonds is 8. The Morgan fingerprint density at radius 3 is 2.62 bits per heavy atom. The summed E-state index contributed by atoms with van der Waals surface area (Å²) in [6, 6.07) is 4.80. The van der Waals surface area contributed by atoms with Crippen molar-refractivity contribution >= 4 is 40.8 Å². The van der Waals surface area contributed by atoms with Gasteiger partial charge >= 0.3 is 6.03 Å². The van der Waals surface area contributed by atoms with E-state index in [1.165, 1.54) is 4.90 Å². The Labute approximate surface area is 241 Å². The van der Waals surface area contributed by atoms with Crippen molar-refractivity contribution in [3.63, 3.8) is 0 Å². The minimum Gasteiger partial charge on any atom is -0.362 e. The molecule has 3 atom stereocenters. The van der Waals surface area contributed by atoms with E-state index in [0.29, 0.717) is 47.0 Å². The fraction of sp³-hybridized carbons (Fsp3) is 0.379. The van der Waals surface area contributed by atoms with Gasteiger partial charge in [0.05, 0.1) is 17.4 Å². The van der Waals surface area contributed by atoms with Crippen LogP contribution < -0.4 is 20.9 Å². The van der Waals surface area contributed by atoms with Crippen LogP contribution in [-0.2, 0) is 9.59 Å². The summed E-state index contributed by atoms with van der Waals surface area (Å²) in [6.45, 7) is 5.60. The number of fused-ring (bicyclic) bond motifs is 1. The van der Waals surface area contributed by atoms with Crippen molar-refractivity contribution in [1.82, 2.24) is 34.6 Å². The number of aromatic nitrogens is 6. The second kappa shape index (κ2) is 9.86. The normalized spacial score (nSPS) is 20.5. The summed E-state index contributed by atoms with van der Waals surface area (Å²) in [7, 11) is 0.